The van der Waals surface area contributed by atoms with Crippen LogP contribution in [-0.2, 0) is 0 Å². The van der Waals surface area contributed by atoms with Gasteiger partial charge in [0.1, 0.15) is 0 Å². The van der Waals surface area contributed by atoms with Crippen molar-refractivity contribution in [3.8, 4) is 11.8 Å². The fraction of sp³-hybridized carbons (Fsp3) is 0.455. The number of rotatable bonds is 1. The van der Waals surface area contributed by atoms with Crippen molar-refractivity contribution in [2.24, 2.45) is 5.73 Å². The molecule has 0 unspecified atom stereocenters. The molecule has 78 valence electrons. The Hall–Kier alpha value is -1.60. The third-order valence-electron chi connectivity index (χ3n) is 2.36. The van der Waals surface area contributed by atoms with Gasteiger partial charge in [0.05, 0.1) is 12.1 Å². The number of nitrogens with two attached hydrogens (primary N) is 1. The van der Waals surface area contributed by atoms with Crippen molar-refractivity contribution >= 4 is 5.95 Å². The minimum absolute atomic E-state index is 0.369. The Bertz CT molecular complexity index is 368. The molecule has 2 heterocycles. The Labute approximate surface area is 89.5 Å². The molecular weight excluding hydrogens is 188 g/mol. The highest BCUT2D eigenvalue weighted by Crippen LogP contribution is 2.14. The van der Waals surface area contributed by atoms with E-state index in [1.807, 2.05) is 0 Å². The molecule has 4 nitrogen and oxygen atoms in total. The standard InChI is InChI=1S/C11H14N4/c12-5-3-4-10-8-13-11(14-9-10)15-6-1-2-7-15/h8-9H,1-2,5-7,12H2. The van der Waals surface area contributed by atoms with Gasteiger partial charge in [0.2, 0.25) is 5.95 Å². The third kappa shape index (κ3) is 2.45. The molecule has 1 fully saturated rings. The molecule has 1 saturated heterocycles. The smallest absolute Gasteiger partial charge is 0.225 e. The minimum Gasteiger partial charge on any atom is -0.341 e. The summed E-state index contributed by atoms with van der Waals surface area (Å²) in [6, 6.07) is 0. The molecular formula is C11H14N4. The van der Waals surface area contributed by atoms with Crippen molar-refractivity contribution in [2.45, 2.75) is 12.8 Å². The Morgan fingerprint density at radius 3 is 2.53 bits per heavy atom. The zero-order valence-corrected chi connectivity index (χ0v) is 8.61. The second-order valence-corrected chi connectivity index (χ2v) is 3.47. The summed E-state index contributed by atoms with van der Waals surface area (Å²) >= 11 is 0. The van der Waals surface area contributed by atoms with Crippen LogP contribution in [0.3, 0.4) is 0 Å². The molecule has 0 aromatic carbocycles. The number of hydrogen-bond acceptors (Lipinski definition) is 4. The average molecular weight is 202 g/mol. The van der Waals surface area contributed by atoms with E-state index in [4.69, 9.17) is 5.73 Å². The third-order valence-corrected chi connectivity index (χ3v) is 2.36. The van der Waals surface area contributed by atoms with Crippen LogP contribution in [0.2, 0.25) is 0 Å². The molecule has 1 aromatic heterocycles. The molecule has 1 aromatic rings. The largest absolute Gasteiger partial charge is 0.341 e. The highest BCUT2D eigenvalue weighted by Gasteiger charge is 2.13. The molecule has 15 heavy (non-hydrogen) atoms. The molecule has 0 amide bonds. The lowest BCUT2D eigenvalue weighted by Crippen LogP contribution is -2.20. The van der Waals surface area contributed by atoms with E-state index in [0.29, 0.717) is 6.54 Å². The maximum absolute atomic E-state index is 5.28. The number of hydrogen-bond donors (Lipinski definition) is 1. The number of nitrogens with zero attached hydrogens (tertiary/aromatic N) is 3. The highest BCUT2D eigenvalue weighted by molar-refractivity contribution is 5.36. The van der Waals surface area contributed by atoms with Crippen molar-refractivity contribution < 1.29 is 0 Å². The topological polar surface area (TPSA) is 55.0 Å². The van der Waals surface area contributed by atoms with E-state index in [1.54, 1.807) is 12.4 Å². The average Bonchev–Trinajstić information content (AvgIpc) is 2.80. The maximum atomic E-state index is 5.28. The number of aromatic nitrogens is 2. The van der Waals surface area contributed by atoms with Gasteiger partial charge in [-0.2, -0.15) is 0 Å². The zero-order chi connectivity index (χ0) is 10.5. The normalized spacial score (nSPS) is 14.9. The summed E-state index contributed by atoms with van der Waals surface area (Å²) < 4.78 is 0. The fourth-order valence-corrected chi connectivity index (χ4v) is 1.62. The van der Waals surface area contributed by atoms with Crippen LogP contribution in [0, 0.1) is 11.8 Å². The van der Waals surface area contributed by atoms with Gasteiger partial charge in [-0.3, -0.25) is 0 Å². The van der Waals surface area contributed by atoms with E-state index in [0.717, 1.165) is 24.6 Å². The predicted molar refractivity (Wildman–Crippen MR) is 59.4 cm³/mol. The summed E-state index contributed by atoms with van der Waals surface area (Å²) in [5.74, 6) is 6.49. The summed E-state index contributed by atoms with van der Waals surface area (Å²) in [6.07, 6.45) is 5.98. The van der Waals surface area contributed by atoms with Gasteiger partial charge < -0.3 is 10.6 Å². The van der Waals surface area contributed by atoms with Gasteiger partial charge in [-0.1, -0.05) is 11.8 Å². The van der Waals surface area contributed by atoms with Gasteiger partial charge in [-0.15, -0.1) is 0 Å². The first kappa shape index (κ1) is 9.94. The molecule has 0 saturated carbocycles. The fourth-order valence-electron chi connectivity index (χ4n) is 1.62. The lowest BCUT2D eigenvalue weighted by molar-refractivity contribution is 0.897. The Morgan fingerprint density at radius 1 is 1.27 bits per heavy atom. The van der Waals surface area contributed by atoms with E-state index in [1.165, 1.54) is 12.8 Å². The van der Waals surface area contributed by atoms with Crippen LogP contribution in [0.4, 0.5) is 5.95 Å². The molecule has 0 aliphatic carbocycles. The SMILES string of the molecule is NCC#Cc1cnc(N2CCCC2)nc1. The van der Waals surface area contributed by atoms with Crippen molar-refractivity contribution in [1.82, 2.24) is 9.97 Å². The van der Waals surface area contributed by atoms with E-state index in [-0.39, 0.29) is 0 Å². The van der Waals surface area contributed by atoms with Crippen LogP contribution in [0.25, 0.3) is 0 Å². The van der Waals surface area contributed by atoms with Crippen LogP contribution in [-0.4, -0.2) is 29.6 Å². The summed E-state index contributed by atoms with van der Waals surface area (Å²) in [5.41, 5.74) is 6.11. The van der Waals surface area contributed by atoms with E-state index >= 15 is 0 Å². The second-order valence-electron chi connectivity index (χ2n) is 3.47. The molecule has 0 spiro atoms. The Kier molecular flexibility index (Phi) is 3.15. The van der Waals surface area contributed by atoms with Crippen molar-refractivity contribution in [2.75, 3.05) is 24.5 Å². The van der Waals surface area contributed by atoms with Crippen molar-refractivity contribution in [3.63, 3.8) is 0 Å². The van der Waals surface area contributed by atoms with Crippen molar-refractivity contribution in [3.05, 3.63) is 18.0 Å². The van der Waals surface area contributed by atoms with Crippen LogP contribution in [0.1, 0.15) is 18.4 Å². The second kappa shape index (κ2) is 4.76. The van der Waals surface area contributed by atoms with Crippen molar-refractivity contribution in [1.29, 1.82) is 0 Å². The van der Waals surface area contributed by atoms with Gasteiger partial charge >= 0.3 is 0 Å². The van der Waals surface area contributed by atoms with Gasteiger partial charge in [0.25, 0.3) is 0 Å². The predicted octanol–water partition coefficient (Wildman–Crippen LogP) is 0.387. The van der Waals surface area contributed by atoms with E-state index < -0.39 is 0 Å². The Balaban J connectivity index is 2.09. The maximum Gasteiger partial charge on any atom is 0.225 e. The molecule has 2 N–H and O–H groups in total. The molecule has 0 atom stereocenters. The van der Waals surface area contributed by atoms with E-state index in [2.05, 4.69) is 26.7 Å². The van der Waals surface area contributed by atoms with Crippen LogP contribution in [0.5, 0.6) is 0 Å². The zero-order valence-electron chi connectivity index (χ0n) is 8.61. The number of anilines is 1. The summed E-state index contributed by atoms with van der Waals surface area (Å²) in [4.78, 5) is 10.8. The van der Waals surface area contributed by atoms with Gasteiger partial charge in [-0.05, 0) is 12.8 Å². The van der Waals surface area contributed by atoms with E-state index in [9.17, 15) is 0 Å². The first-order valence-corrected chi connectivity index (χ1v) is 5.16. The molecule has 1 aliphatic rings. The monoisotopic (exact) mass is 202 g/mol. The first-order valence-electron chi connectivity index (χ1n) is 5.16. The summed E-state index contributed by atoms with van der Waals surface area (Å²) in [7, 11) is 0. The summed E-state index contributed by atoms with van der Waals surface area (Å²) in [6.45, 7) is 2.50. The highest BCUT2D eigenvalue weighted by atomic mass is 15.3. The van der Waals surface area contributed by atoms with Gasteiger partial charge in [0.15, 0.2) is 0 Å². The lowest BCUT2D eigenvalue weighted by Gasteiger charge is -2.13. The molecule has 4 heteroatoms. The van der Waals surface area contributed by atoms with Crippen LogP contribution < -0.4 is 10.6 Å². The minimum atomic E-state index is 0.369. The first-order chi connectivity index (χ1) is 7.40. The Morgan fingerprint density at radius 2 is 1.93 bits per heavy atom. The van der Waals surface area contributed by atoms with Crippen LogP contribution >= 0.6 is 0 Å². The molecule has 0 bridgehead atoms. The lowest BCUT2D eigenvalue weighted by atomic mass is 10.3. The van der Waals surface area contributed by atoms with Crippen LogP contribution in [0.15, 0.2) is 12.4 Å². The molecule has 0 radical (unpaired) electrons. The molecule has 1 aliphatic heterocycles. The summed E-state index contributed by atoms with van der Waals surface area (Å²) in [5, 5.41) is 0. The quantitative estimate of drug-likeness (QED) is 0.669. The van der Waals surface area contributed by atoms with Gasteiger partial charge in [-0.25, -0.2) is 9.97 Å². The molecule has 2 rings (SSSR count). The van der Waals surface area contributed by atoms with Gasteiger partial charge in [0, 0.05) is 25.5 Å².